The molecule has 34 heavy (non-hydrogen) atoms. The fraction of sp³-hybridized carbons (Fsp3) is 0.385. The highest BCUT2D eigenvalue weighted by Crippen LogP contribution is 2.34. The number of guanidine groups is 1. The van der Waals surface area contributed by atoms with E-state index in [1.54, 1.807) is 18.3 Å². The van der Waals surface area contributed by atoms with Crippen molar-refractivity contribution in [3.63, 3.8) is 0 Å². The summed E-state index contributed by atoms with van der Waals surface area (Å²) in [6.45, 7) is 6.10. The van der Waals surface area contributed by atoms with Crippen LogP contribution in [0.25, 0.3) is 0 Å². The molecule has 2 aromatic carbocycles. The summed E-state index contributed by atoms with van der Waals surface area (Å²) < 4.78 is 21.5. The summed E-state index contributed by atoms with van der Waals surface area (Å²) in [5.74, 6) is 0.557. The van der Waals surface area contributed by atoms with Crippen molar-refractivity contribution in [1.82, 2.24) is 20.4 Å². The lowest BCUT2D eigenvalue weighted by Gasteiger charge is -2.38. The van der Waals surface area contributed by atoms with Crippen LogP contribution < -0.4 is 10.6 Å². The maximum Gasteiger partial charge on any atom is 0.191 e. The van der Waals surface area contributed by atoms with Crippen LogP contribution in [-0.4, -0.2) is 42.0 Å². The molecule has 3 aromatic rings. The molecular weight excluding hydrogens is 544 g/mol. The van der Waals surface area contributed by atoms with Crippen molar-refractivity contribution in [3.8, 4) is 0 Å². The number of rotatable bonds is 8. The van der Waals surface area contributed by atoms with Gasteiger partial charge in [0.2, 0.25) is 0 Å². The van der Waals surface area contributed by atoms with E-state index < -0.39 is 0 Å². The third-order valence-corrected chi connectivity index (χ3v) is 6.24. The zero-order valence-electron chi connectivity index (χ0n) is 19.5. The number of halogens is 2. The van der Waals surface area contributed by atoms with Gasteiger partial charge < -0.3 is 15.4 Å². The Balaban J connectivity index is 0.00000324. The molecule has 1 aliphatic rings. The molecule has 1 saturated heterocycles. The number of nitrogens with one attached hydrogen (secondary N) is 2. The summed E-state index contributed by atoms with van der Waals surface area (Å²) >= 11 is 0. The molecule has 8 heteroatoms. The highest BCUT2D eigenvalue weighted by molar-refractivity contribution is 14.0. The van der Waals surface area contributed by atoms with Crippen LogP contribution >= 0.6 is 24.0 Å². The Morgan fingerprint density at radius 2 is 1.88 bits per heavy atom. The van der Waals surface area contributed by atoms with Crippen molar-refractivity contribution in [2.75, 3.05) is 26.3 Å². The van der Waals surface area contributed by atoms with Gasteiger partial charge >= 0.3 is 0 Å². The second-order valence-electron chi connectivity index (χ2n) is 8.42. The molecule has 4 rings (SSSR count). The Hall–Kier alpha value is -2.46. The minimum Gasteiger partial charge on any atom is -0.381 e. The molecule has 1 fully saturated rings. The topological polar surface area (TPSA) is 63.5 Å². The van der Waals surface area contributed by atoms with Gasteiger partial charge in [0, 0.05) is 44.1 Å². The summed E-state index contributed by atoms with van der Waals surface area (Å²) in [7, 11) is 0. The van der Waals surface area contributed by atoms with Gasteiger partial charge in [-0.2, -0.15) is 5.10 Å². The molecule has 2 N–H and O–H groups in total. The Labute approximate surface area is 218 Å². The number of hydrogen-bond donors (Lipinski definition) is 2. The number of aromatic nitrogens is 2. The molecule has 0 radical (unpaired) electrons. The Morgan fingerprint density at radius 3 is 2.59 bits per heavy atom. The summed E-state index contributed by atoms with van der Waals surface area (Å²) in [4.78, 5) is 4.86. The number of aliphatic imine (C=N–C) groups is 1. The molecule has 2 heterocycles. The number of nitrogens with zero attached hydrogens (tertiary/aromatic N) is 3. The maximum absolute atomic E-state index is 14.0. The number of ether oxygens (including phenoxy) is 1. The molecule has 1 aliphatic heterocycles. The predicted molar refractivity (Wildman–Crippen MR) is 144 cm³/mol. The first kappa shape index (κ1) is 26.2. The summed E-state index contributed by atoms with van der Waals surface area (Å²) in [5.41, 5.74) is 3.19. The molecule has 0 aliphatic carbocycles. The highest BCUT2D eigenvalue weighted by Gasteiger charge is 2.35. The fourth-order valence-electron chi connectivity index (χ4n) is 4.34. The largest absolute Gasteiger partial charge is 0.381 e. The van der Waals surface area contributed by atoms with E-state index in [4.69, 9.17) is 9.73 Å². The molecule has 182 valence electrons. The Kier molecular flexibility index (Phi) is 9.88. The third kappa shape index (κ3) is 6.79. The van der Waals surface area contributed by atoms with Crippen molar-refractivity contribution >= 4 is 29.9 Å². The molecule has 0 atom stereocenters. The van der Waals surface area contributed by atoms with E-state index in [2.05, 4.69) is 34.8 Å². The van der Waals surface area contributed by atoms with Gasteiger partial charge in [0.1, 0.15) is 5.82 Å². The quantitative estimate of drug-likeness (QED) is 0.235. The van der Waals surface area contributed by atoms with Crippen molar-refractivity contribution in [1.29, 1.82) is 0 Å². The second-order valence-corrected chi connectivity index (χ2v) is 8.42. The van der Waals surface area contributed by atoms with E-state index in [1.165, 1.54) is 11.6 Å². The van der Waals surface area contributed by atoms with Crippen LogP contribution in [0, 0.1) is 5.82 Å². The average Bonchev–Trinajstić information content (AvgIpc) is 3.35. The van der Waals surface area contributed by atoms with Crippen LogP contribution in [0.1, 0.15) is 36.5 Å². The molecule has 0 bridgehead atoms. The van der Waals surface area contributed by atoms with Crippen LogP contribution in [0.2, 0.25) is 0 Å². The zero-order valence-corrected chi connectivity index (χ0v) is 21.9. The third-order valence-electron chi connectivity index (χ3n) is 6.24. The van der Waals surface area contributed by atoms with Gasteiger partial charge in [-0.25, -0.2) is 9.38 Å². The van der Waals surface area contributed by atoms with Gasteiger partial charge in [-0.15, -0.1) is 24.0 Å². The van der Waals surface area contributed by atoms with Gasteiger partial charge in [0.15, 0.2) is 5.96 Å². The van der Waals surface area contributed by atoms with E-state index in [1.807, 2.05) is 35.1 Å². The lowest BCUT2D eigenvalue weighted by atomic mass is 9.74. The first-order chi connectivity index (χ1) is 16.2. The van der Waals surface area contributed by atoms with Gasteiger partial charge in [0.25, 0.3) is 0 Å². The van der Waals surface area contributed by atoms with E-state index in [-0.39, 0.29) is 35.2 Å². The fourth-order valence-corrected chi connectivity index (χ4v) is 4.34. The SMILES string of the molecule is CCNC(=NCc1ccccc1Cn1cccn1)NCC1(c2cccc(F)c2)CCOCC1.I. The van der Waals surface area contributed by atoms with Crippen molar-refractivity contribution in [3.05, 3.63) is 89.5 Å². The molecule has 0 amide bonds. The molecule has 6 nitrogen and oxygen atoms in total. The number of hydrogen-bond acceptors (Lipinski definition) is 3. The molecular formula is C26H33FIN5O. The predicted octanol–water partition coefficient (Wildman–Crippen LogP) is 4.49. The lowest BCUT2D eigenvalue weighted by molar-refractivity contribution is 0.0513. The second kappa shape index (κ2) is 12.9. The maximum atomic E-state index is 14.0. The molecule has 1 aromatic heterocycles. The standard InChI is InChI=1S/C26H32FN5O.HI/c1-2-28-25(29-18-21-7-3-4-8-22(21)19-32-14-6-13-31-32)30-20-26(11-15-33-16-12-26)23-9-5-10-24(27)17-23;/h3-10,13-14,17H,2,11-12,15-16,18-20H2,1H3,(H2,28,29,30);1H. The van der Waals surface area contributed by atoms with E-state index in [9.17, 15) is 4.39 Å². The number of benzene rings is 2. The Morgan fingerprint density at radius 1 is 1.09 bits per heavy atom. The Bertz CT molecular complexity index is 1050. The minimum atomic E-state index is -0.201. The van der Waals surface area contributed by atoms with Gasteiger partial charge in [-0.1, -0.05) is 36.4 Å². The smallest absolute Gasteiger partial charge is 0.191 e. The van der Waals surface area contributed by atoms with Crippen molar-refractivity contribution < 1.29 is 9.13 Å². The van der Waals surface area contributed by atoms with E-state index >= 15 is 0 Å². The molecule has 0 spiro atoms. The van der Waals surface area contributed by atoms with Crippen molar-refractivity contribution in [2.45, 2.75) is 38.3 Å². The monoisotopic (exact) mass is 577 g/mol. The lowest BCUT2D eigenvalue weighted by Crippen LogP contribution is -2.48. The summed E-state index contributed by atoms with van der Waals surface area (Å²) in [6.07, 6.45) is 5.44. The molecule has 0 saturated carbocycles. The van der Waals surface area contributed by atoms with Gasteiger partial charge in [0.05, 0.1) is 13.1 Å². The first-order valence-electron chi connectivity index (χ1n) is 11.6. The minimum absolute atomic E-state index is 0. The van der Waals surface area contributed by atoms with Crippen LogP contribution in [0.3, 0.4) is 0 Å². The first-order valence-corrected chi connectivity index (χ1v) is 11.6. The van der Waals surface area contributed by atoms with Gasteiger partial charge in [-0.3, -0.25) is 4.68 Å². The summed E-state index contributed by atoms with van der Waals surface area (Å²) in [6, 6.07) is 17.2. The van der Waals surface area contributed by atoms with Crippen LogP contribution in [0.5, 0.6) is 0 Å². The van der Waals surface area contributed by atoms with Crippen LogP contribution in [0.15, 0.2) is 72.0 Å². The highest BCUT2D eigenvalue weighted by atomic mass is 127. The van der Waals surface area contributed by atoms with Crippen LogP contribution in [0.4, 0.5) is 4.39 Å². The average molecular weight is 577 g/mol. The zero-order chi connectivity index (χ0) is 22.9. The van der Waals surface area contributed by atoms with E-state index in [0.29, 0.717) is 32.8 Å². The van der Waals surface area contributed by atoms with Gasteiger partial charge in [-0.05, 0) is 54.7 Å². The summed E-state index contributed by atoms with van der Waals surface area (Å²) in [5, 5.41) is 11.2. The van der Waals surface area contributed by atoms with Crippen LogP contribution in [-0.2, 0) is 23.2 Å². The van der Waals surface area contributed by atoms with Crippen molar-refractivity contribution in [2.24, 2.45) is 4.99 Å². The normalized spacial score (nSPS) is 15.4. The molecule has 0 unspecified atom stereocenters. The van der Waals surface area contributed by atoms with E-state index in [0.717, 1.165) is 36.5 Å².